The third-order valence-electron chi connectivity index (χ3n) is 1.70. The average molecular weight is 331 g/mol. The van der Waals surface area contributed by atoms with Gasteiger partial charge in [-0.3, -0.25) is 10.1 Å². The van der Waals surface area contributed by atoms with E-state index in [1.807, 2.05) is 0 Å². The minimum atomic E-state index is -4.10. The van der Waals surface area contributed by atoms with Crippen molar-refractivity contribution in [1.82, 2.24) is 0 Å². The van der Waals surface area contributed by atoms with Gasteiger partial charge in [0.05, 0.1) is 16.5 Å². The van der Waals surface area contributed by atoms with Crippen LogP contribution in [-0.4, -0.2) is 20.5 Å². The molecular weight excluding hydrogens is 326 g/mol. The van der Waals surface area contributed by atoms with Gasteiger partial charge in [0.15, 0.2) is 0 Å². The van der Waals surface area contributed by atoms with Crippen LogP contribution in [0, 0.1) is 10.1 Å². The van der Waals surface area contributed by atoms with E-state index in [0.29, 0.717) is 0 Å². The fraction of sp³-hybridized carbons (Fsp3) is 0.143. The minimum absolute atomic E-state index is 0.110. The van der Waals surface area contributed by atoms with Gasteiger partial charge >= 0.3 is 5.69 Å². The van der Waals surface area contributed by atoms with Gasteiger partial charge in [-0.25, -0.2) is 8.42 Å². The first-order chi connectivity index (χ1) is 7.29. The highest BCUT2D eigenvalue weighted by Gasteiger charge is 2.28. The molecule has 6 nitrogen and oxygen atoms in total. The number of hydrogen-bond acceptors (Lipinski definition) is 5. The van der Waals surface area contributed by atoms with Crippen LogP contribution in [0.2, 0.25) is 0 Å². The van der Waals surface area contributed by atoms with Crippen molar-refractivity contribution in [2.45, 2.75) is 4.90 Å². The van der Waals surface area contributed by atoms with Crippen LogP contribution in [0.15, 0.2) is 21.5 Å². The van der Waals surface area contributed by atoms with Crippen LogP contribution in [-0.2, 0) is 9.05 Å². The van der Waals surface area contributed by atoms with E-state index < -0.39 is 30.3 Å². The van der Waals surface area contributed by atoms with Crippen LogP contribution in [0.5, 0.6) is 5.75 Å². The summed E-state index contributed by atoms with van der Waals surface area (Å²) in [6.45, 7) is 0. The highest BCUT2D eigenvalue weighted by atomic mass is 79.9. The summed E-state index contributed by atoms with van der Waals surface area (Å²) in [5.41, 5.74) is -0.482. The van der Waals surface area contributed by atoms with Gasteiger partial charge in [-0.1, -0.05) is 0 Å². The number of ether oxygens (including phenoxy) is 1. The third kappa shape index (κ3) is 2.45. The van der Waals surface area contributed by atoms with E-state index in [-0.39, 0.29) is 4.47 Å². The summed E-state index contributed by atoms with van der Waals surface area (Å²) in [5, 5.41) is 10.7. The quantitative estimate of drug-likeness (QED) is 0.482. The molecule has 0 bridgehead atoms. The molecule has 0 unspecified atom stereocenters. The number of nitrogens with zero attached hydrogens (tertiary/aromatic N) is 1. The Morgan fingerprint density at radius 2 is 2.06 bits per heavy atom. The Hall–Kier alpha value is -0.860. The van der Waals surface area contributed by atoms with Crippen molar-refractivity contribution in [1.29, 1.82) is 0 Å². The molecule has 0 aliphatic heterocycles. The molecule has 16 heavy (non-hydrogen) atoms. The molecule has 9 heteroatoms. The Morgan fingerprint density at radius 3 is 2.44 bits per heavy atom. The molecular formula is C7H5BrClNO5S. The van der Waals surface area contributed by atoms with Gasteiger partial charge in [0.2, 0.25) is 5.75 Å². The Morgan fingerprint density at radius 1 is 1.50 bits per heavy atom. The predicted octanol–water partition coefficient (Wildman–Crippen LogP) is 2.29. The number of rotatable bonds is 3. The zero-order valence-corrected chi connectivity index (χ0v) is 11.0. The third-order valence-corrected chi connectivity index (χ3v) is 3.68. The lowest BCUT2D eigenvalue weighted by Gasteiger charge is -2.06. The molecule has 0 aliphatic carbocycles. The van der Waals surface area contributed by atoms with Gasteiger partial charge in [-0.05, 0) is 28.1 Å². The molecule has 1 aromatic rings. The first-order valence-corrected chi connectivity index (χ1v) is 6.84. The summed E-state index contributed by atoms with van der Waals surface area (Å²) in [5.74, 6) is -0.394. The molecule has 0 aliphatic rings. The number of benzene rings is 1. The van der Waals surface area contributed by atoms with E-state index >= 15 is 0 Å². The van der Waals surface area contributed by atoms with Crippen LogP contribution < -0.4 is 4.74 Å². The van der Waals surface area contributed by atoms with Gasteiger partial charge in [0, 0.05) is 10.7 Å². The molecule has 0 fully saturated rings. The molecule has 1 rings (SSSR count). The molecule has 0 spiro atoms. The van der Waals surface area contributed by atoms with E-state index in [9.17, 15) is 18.5 Å². The summed E-state index contributed by atoms with van der Waals surface area (Å²) in [7, 11) is 2.15. The topological polar surface area (TPSA) is 86.5 Å². The van der Waals surface area contributed by atoms with E-state index in [0.717, 1.165) is 13.2 Å². The molecule has 0 N–H and O–H groups in total. The van der Waals surface area contributed by atoms with E-state index in [1.165, 1.54) is 6.07 Å². The van der Waals surface area contributed by atoms with Crippen LogP contribution in [0.25, 0.3) is 0 Å². The van der Waals surface area contributed by atoms with Crippen molar-refractivity contribution in [3.63, 3.8) is 0 Å². The lowest BCUT2D eigenvalue weighted by Crippen LogP contribution is -2.01. The maximum absolute atomic E-state index is 11.1. The van der Waals surface area contributed by atoms with E-state index in [2.05, 4.69) is 15.9 Å². The Kier molecular flexibility index (Phi) is 3.76. The summed E-state index contributed by atoms with van der Waals surface area (Å²) < 4.78 is 27.1. The monoisotopic (exact) mass is 329 g/mol. The standard InChI is InChI=1S/C7H5BrClNO5S/c1-15-7-5(16(9,13)14)3-2-4(8)6(7)10(11)12/h2-3H,1H3. The summed E-state index contributed by atoms with van der Waals surface area (Å²) >= 11 is 2.93. The fourth-order valence-electron chi connectivity index (χ4n) is 1.09. The summed E-state index contributed by atoms with van der Waals surface area (Å²) in [6, 6.07) is 2.34. The molecule has 0 radical (unpaired) electrons. The number of methoxy groups -OCH3 is 1. The van der Waals surface area contributed by atoms with Crippen molar-refractivity contribution < 1.29 is 18.1 Å². The largest absolute Gasteiger partial charge is 0.489 e. The highest BCUT2D eigenvalue weighted by molar-refractivity contribution is 9.10. The first-order valence-electron chi connectivity index (χ1n) is 3.74. The molecule has 0 atom stereocenters. The number of halogens is 2. The van der Waals surface area contributed by atoms with Gasteiger partial charge in [-0.15, -0.1) is 0 Å². The normalized spacial score (nSPS) is 11.2. The summed E-state index contributed by atoms with van der Waals surface area (Å²) in [4.78, 5) is 9.54. The Balaban J connectivity index is 3.69. The molecule has 1 aromatic carbocycles. The minimum Gasteiger partial charge on any atom is -0.489 e. The van der Waals surface area contributed by atoms with Crippen molar-refractivity contribution in [3.8, 4) is 5.75 Å². The SMILES string of the molecule is COc1c(S(=O)(=O)Cl)ccc(Br)c1[N+](=O)[O-]. The van der Waals surface area contributed by atoms with E-state index in [1.54, 1.807) is 0 Å². The zero-order valence-electron chi connectivity index (χ0n) is 7.81. The van der Waals surface area contributed by atoms with Crippen molar-refractivity contribution in [2.24, 2.45) is 0 Å². The van der Waals surface area contributed by atoms with Gasteiger partial charge in [-0.2, -0.15) is 0 Å². The second kappa shape index (κ2) is 4.56. The Labute approximate surface area is 104 Å². The number of nitro benzene ring substituents is 1. The number of hydrogen-bond donors (Lipinski definition) is 0. The molecule has 0 amide bonds. The fourth-order valence-corrected chi connectivity index (χ4v) is 2.54. The van der Waals surface area contributed by atoms with Gasteiger partial charge < -0.3 is 4.74 Å². The highest BCUT2D eigenvalue weighted by Crippen LogP contribution is 2.40. The maximum Gasteiger partial charge on any atom is 0.326 e. The van der Waals surface area contributed by atoms with E-state index in [4.69, 9.17) is 15.4 Å². The smallest absolute Gasteiger partial charge is 0.326 e. The second-order valence-electron chi connectivity index (χ2n) is 2.62. The van der Waals surface area contributed by atoms with Crippen LogP contribution in [0.3, 0.4) is 0 Å². The van der Waals surface area contributed by atoms with Gasteiger partial charge in [0.1, 0.15) is 4.90 Å². The zero-order chi connectivity index (χ0) is 12.5. The van der Waals surface area contributed by atoms with Crippen molar-refractivity contribution >= 4 is 41.4 Å². The predicted molar refractivity (Wildman–Crippen MR) is 60.4 cm³/mol. The average Bonchev–Trinajstić information content (AvgIpc) is 2.14. The van der Waals surface area contributed by atoms with Crippen molar-refractivity contribution in [3.05, 3.63) is 26.7 Å². The maximum atomic E-state index is 11.1. The van der Waals surface area contributed by atoms with Crippen LogP contribution in [0.1, 0.15) is 0 Å². The summed E-state index contributed by atoms with van der Waals surface area (Å²) in [6.07, 6.45) is 0. The molecule has 0 saturated heterocycles. The van der Waals surface area contributed by atoms with Gasteiger partial charge in [0.25, 0.3) is 9.05 Å². The van der Waals surface area contributed by atoms with Crippen LogP contribution in [0.4, 0.5) is 5.69 Å². The molecule has 0 heterocycles. The first kappa shape index (κ1) is 13.2. The number of nitro groups is 1. The lowest BCUT2D eigenvalue weighted by molar-refractivity contribution is -0.386. The molecule has 0 aromatic heterocycles. The van der Waals surface area contributed by atoms with Crippen LogP contribution >= 0.6 is 26.6 Å². The molecule has 0 saturated carbocycles. The molecule has 88 valence electrons. The lowest BCUT2D eigenvalue weighted by atomic mass is 10.3. The van der Waals surface area contributed by atoms with Crippen molar-refractivity contribution in [2.75, 3.05) is 7.11 Å². The second-order valence-corrected chi connectivity index (χ2v) is 6.01. The Bertz CT molecular complexity index is 544.